The van der Waals surface area contributed by atoms with Crippen LogP contribution >= 0.6 is 0 Å². The normalized spacial score (nSPS) is 13.7. The van der Waals surface area contributed by atoms with Crippen molar-refractivity contribution in [2.24, 2.45) is 0 Å². The number of rotatable bonds is 7. The monoisotopic (exact) mass is 278 g/mol. The zero-order valence-corrected chi connectivity index (χ0v) is 13.2. The Morgan fingerprint density at radius 2 is 2.05 bits per heavy atom. The van der Waals surface area contributed by atoms with Crippen molar-refractivity contribution < 1.29 is 9.53 Å². The molecule has 0 amide bonds. The molecule has 1 atom stereocenters. The summed E-state index contributed by atoms with van der Waals surface area (Å²) in [6, 6.07) is 8.31. The van der Waals surface area contributed by atoms with E-state index in [2.05, 4.69) is 36.2 Å². The van der Waals surface area contributed by atoms with Crippen LogP contribution < -0.4 is 10.2 Å². The first kappa shape index (κ1) is 16.5. The quantitative estimate of drug-likeness (QED) is 0.778. The van der Waals surface area contributed by atoms with Crippen LogP contribution in [0.15, 0.2) is 24.3 Å². The van der Waals surface area contributed by atoms with Crippen LogP contribution in [0.2, 0.25) is 0 Å². The van der Waals surface area contributed by atoms with Gasteiger partial charge in [-0.3, -0.25) is 4.79 Å². The molecule has 20 heavy (non-hydrogen) atoms. The first-order valence-corrected chi connectivity index (χ1v) is 7.06. The molecule has 0 aliphatic heterocycles. The van der Waals surface area contributed by atoms with Gasteiger partial charge in [0.25, 0.3) is 0 Å². The zero-order valence-electron chi connectivity index (χ0n) is 13.2. The van der Waals surface area contributed by atoms with Crippen LogP contribution in [0.4, 0.5) is 5.69 Å². The fourth-order valence-electron chi connectivity index (χ4n) is 2.28. The summed E-state index contributed by atoms with van der Waals surface area (Å²) in [5.74, 6) is -0.221. The van der Waals surface area contributed by atoms with Crippen molar-refractivity contribution in [2.45, 2.75) is 32.7 Å². The molecule has 4 nitrogen and oxygen atoms in total. The summed E-state index contributed by atoms with van der Waals surface area (Å²) in [6.45, 7) is 7.82. The Morgan fingerprint density at radius 3 is 2.55 bits per heavy atom. The molecule has 0 spiro atoms. The molecule has 1 aromatic carbocycles. The molecule has 0 saturated carbocycles. The van der Waals surface area contributed by atoms with Crippen LogP contribution in [0.25, 0.3) is 0 Å². The summed E-state index contributed by atoms with van der Waals surface area (Å²) in [7, 11) is 3.22. The maximum Gasteiger partial charge on any atom is 0.325 e. The lowest BCUT2D eigenvalue weighted by Gasteiger charge is -2.31. The molecule has 0 aliphatic rings. The first-order valence-electron chi connectivity index (χ1n) is 7.06. The Morgan fingerprint density at radius 1 is 1.40 bits per heavy atom. The minimum Gasteiger partial charge on any atom is -0.468 e. The molecule has 0 bridgehead atoms. The van der Waals surface area contributed by atoms with E-state index in [9.17, 15) is 4.79 Å². The highest BCUT2D eigenvalue weighted by Crippen LogP contribution is 2.21. The Labute approximate surface area is 122 Å². The fourth-order valence-corrected chi connectivity index (χ4v) is 2.28. The van der Waals surface area contributed by atoms with E-state index in [-0.39, 0.29) is 5.97 Å². The molecule has 0 radical (unpaired) electrons. The van der Waals surface area contributed by atoms with Gasteiger partial charge in [0.1, 0.15) is 5.54 Å². The van der Waals surface area contributed by atoms with Gasteiger partial charge >= 0.3 is 5.97 Å². The summed E-state index contributed by atoms with van der Waals surface area (Å²) in [6.07, 6.45) is 0.693. The van der Waals surface area contributed by atoms with Crippen molar-refractivity contribution in [3.05, 3.63) is 29.8 Å². The highest BCUT2D eigenvalue weighted by Gasteiger charge is 2.32. The van der Waals surface area contributed by atoms with E-state index >= 15 is 0 Å². The number of benzene rings is 1. The van der Waals surface area contributed by atoms with Crippen LogP contribution in [0.1, 0.15) is 25.8 Å². The summed E-state index contributed by atoms with van der Waals surface area (Å²) in [5, 5.41) is 3.07. The number of ether oxygens (including phenoxy) is 1. The van der Waals surface area contributed by atoms with Gasteiger partial charge in [-0.05, 0) is 45.9 Å². The second kappa shape index (κ2) is 7.29. The van der Waals surface area contributed by atoms with E-state index in [1.54, 1.807) is 7.05 Å². The minimum absolute atomic E-state index is 0.221. The van der Waals surface area contributed by atoms with E-state index in [1.807, 2.05) is 19.1 Å². The van der Waals surface area contributed by atoms with Crippen molar-refractivity contribution in [3.8, 4) is 0 Å². The SMILES string of the molecule is CCN(CCC(C)(NC)C(=O)OC)c1ccccc1C. The maximum atomic E-state index is 11.9. The zero-order chi connectivity index (χ0) is 15.2. The lowest BCUT2D eigenvalue weighted by atomic mass is 9.97. The third kappa shape index (κ3) is 3.73. The van der Waals surface area contributed by atoms with E-state index in [4.69, 9.17) is 4.74 Å². The topological polar surface area (TPSA) is 41.6 Å². The Bertz CT molecular complexity index is 448. The van der Waals surface area contributed by atoms with Gasteiger partial charge in [-0.2, -0.15) is 0 Å². The van der Waals surface area contributed by atoms with Gasteiger partial charge in [0.05, 0.1) is 7.11 Å². The number of methoxy groups -OCH3 is 1. The highest BCUT2D eigenvalue weighted by atomic mass is 16.5. The van der Waals surface area contributed by atoms with Crippen LogP contribution in [0.5, 0.6) is 0 Å². The predicted octanol–water partition coefficient (Wildman–Crippen LogP) is 2.36. The van der Waals surface area contributed by atoms with Crippen LogP contribution in [0, 0.1) is 6.92 Å². The number of carbonyl (C=O) groups excluding carboxylic acids is 1. The van der Waals surface area contributed by atoms with Crippen molar-refractivity contribution in [3.63, 3.8) is 0 Å². The Balaban J connectivity index is 2.80. The predicted molar refractivity (Wildman–Crippen MR) is 83.2 cm³/mol. The van der Waals surface area contributed by atoms with Gasteiger partial charge in [0.15, 0.2) is 0 Å². The molecule has 1 rings (SSSR count). The van der Waals surface area contributed by atoms with Crippen molar-refractivity contribution >= 4 is 11.7 Å². The molecule has 112 valence electrons. The van der Waals surface area contributed by atoms with Gasteiger partial charge in [0.2, 0.25) is 0 Å². The number of carbonyl (C=O) groups is 1. The van der Waals surface area contributed by atoms with E-state index < -0.39 is 5.54 Å². The van der Waals surface area contributed by atoms with E-state index in [0.717, 1.165) is 13.1 Å². The van der Waals surface area contributed by atoms with Gasteiger partial charge in [0, 0.05) is 18.8 Å². The third-order valence-electron chi connectivity index (χ3n) is 3.91. The third-order valence-corrected chi connectivity index (χ3v) is 3.91. The van der Waals surface area contributed by atoms with Crippen LogP contribution in [-0.4, -0.2) is 38.8 Å². The molecular weight excluding hydrogens is 252 g/mol. The number of hydrogen-bond acceptors (Lipinski definition) is 4. The van der Waals surface area contributed by atoms with Gasteiger partial charge < -0.3 is 15.0 Å². The van der Waals surface area contributed by atoms with Gasteiger partial charge in [-0.1, -0.05) is 18.2 Å². The molecule has 0 fully saturated rings. The molecule has 1 N–H and O–H groups in total. The number of likely N-dealkylation sites (N-methyl/N-ethyl adjacent to an activating group) is 1. The van der Waals surface area contributed by atoms with E-state index in [0.29, 0.717) is 6.42 Å². The summed E-state index contributed by atoms with van der Waals surface area (Å²) >= 11 is 0. The number of anilines is 1. The van der Waals surface area contributed by atoms with Crippen molar-refractivity contribution in [1.29, 1.82) is 0 Å². The van der Waals surface area contributed by atoms with Crippen molar-refractivity contribution in [1.82, 2.24) is 5.32 Å². The summed E-state index contributed by atoms with van der Waals surface area (Å²) in [5.41, 5.74) is 1.82. The smallest absolute Gasteiger partial charge is 0.325 e. The standard InChI is InChI=1S/C16H26N2O2/c1-6-18(14-10-8-7-9-13(14)2)12-11-16(3,17-4)15(19)20-5/h7-10,17H,6,11-12H2,1-5H3. The Kier molecular flexibility index (Phi) is 6.02. The minimum atomic E-state index is -0.648. The van der Waals surface area contributed by atoms with Crippen LogP contribution in [0.3, 0.4) is 0 Å². The molecule has 0 aromatic heterocycles. The van der Waals surface area contributed by atoms with E-state index in [1.165, 1.54) is 18.4 Å². The lowest BCUT2D eigenvalue weighted by molar-refractivity contribution is -0.147. The number of nitrogens with one attached hydrogen (secondary N) is 1. The summed E-state index contributed by atoms with van der Waals surface area (Å²) < 4.78 is 4.88. The van der Waals surface area contributed by atoms with Crippen LogP contribution in [-0.2, 0) is 9.53 Å². The average Bonchev–Trinajstić information content (AvgIpc) is 2.48. The lowest BCUT2D eigenvalue weighted by Crippen LogP contribution is -2.50. The first-order chi connectivity index (χ1) is 9.48. The number of hydrogen-bond donors (Lipinski definition) is 1. The molecule has 0 aliphatic carbocycles. The molecule has 0 saturated heterocycles. The highest BCUT2D eigenvalue weighted by molar-refractivity contribution is 5.80. The Hall–Kier alpha value is -1.55. The summed E-state index contributed by atoms with van der Waals surface area (Å²) in [4.78, 5) is 14.2. The molecule has 0 heterocycles. The molecular formula is C16H26N2O2. The molecule has 1 unspecified atom stereocenters. The number of nitrogens with zero attached hydrogens (tertiary/aromatic N) is 1. The second-order valence-electron chi connectivity index (χ2n) is 5.19. The fraction of sp³-hybridized carbons (Fsp3) is 0.562. The van der Waals surface area contributed by atoms with Crippen molar-refractivity contribution in [2.75, 3.05) is 32.1 Å². The largest absolute Gasteiger partial charge is 0.468 e. The van der Waals surface area contributed by atoms with Gasteiger partial charge in [-0.25, -0.2) is 0 Å². The number of aryl methyl sites for hydroxylation is 1. The second-order valence-corrected chi connectivity index (χ2v) is 5.19. The maximum absolute atomic E-state index is 11.9. The van der Waals surface area contributed by atoms with Gasteiger partial charge in [-0.15, -0.1) is 0 Å². The number of para-hydroxylation sites is 1. The average molecular weight is 278 g/mol. The number of esters is 1. The molecule has 1 aromatic rings. The molecule has 4 heteroatoms.